The van der Waals surface area contributed by atoms with Crippen LogP contribution in [0.1, 0.15) is 38.5 Å². The highest BCUT2D eigenvalue weighted by molar-refractivity contribution is 6.30. The smallest absolute Gasteiger partial charge is 0.241 e. The molecule has 3 aliphatic rings. The maximum atomic E-state index is 13.5. The third-order valence-electron chi connectivity index (χ3n) is 7.09. The Morgan fingerprint density at radius 1 is 0.933 bits per heavy atom. The Labute approximate surface area is 184 Å². The first-order valence-electron chi connectivity index (χ1n) is 11.3. The van der Waals surface area contributed by atoms with Crippen LogP contribution in [0.15, 0.2) is 54.6 Å². The van der Waals surface area contributed by atoms with E-state index in [0.29, 0.717) is 24.7 Å². The zero-order chi connectivity index (χ0) is 20.5. The van der Waals surface area contributed by atoms with Crippen LogP contribution in [0.25, 0.3) is 0 Å². The lowest BCUT2D eigenvalue weighted by atomic mass is 9.93. The lowest BCUT2D eigenvalue weighted by Gasteiger charge is -2.38. The minimum absolute atomic E-state index is 0.263. The molecule has 2 aromatic rings. The van der Waals surface area contributed by atoms with Crippen molar-refractivity contribution in [2.24, 2.45) is 0 Å². The van der Waals surface area contributed by atoms with Crippen molar-refractivity contribution in [1.82, 2.24) is 4.90 Å². The molecule has 4 nitrogen and oxygen atoms in total. The van der Waals surface area contributed by atoms with Crippen LogP contribution in [0.2, 0.25) is 5.02 Å². The number of amides is 1. The van der Waals surface area contributed by atoms with E-state index >= 15 is 0 Å². The molecule has 2 unspecified atom stereocenters. The average Bonchev–Trinajstić information content (AvgIpc) is 3.36. The third-order valence-corrected chi connectivity index (χ3v) is 7.35. The van der Waals surface area contributed by atoms with Gasteiger partial charge in [0.15, 0.2) is 0 Å². The molecule has 1 saturated carbocycles. The lowest BCUT2D eigenvalue weighted by Crippen LogP contribution is -2.52. The van der Waals surface area contributed by atoms with Gasteiger partial charge >= 0.3 is 0 Å². The summed E-state index contributed by atoms with van der Waals surface area (Å²) < 4.78 is 0. The summed E-state index contributed by atoms with van der Waals surface area (Å²) in [4.78, 5) is 20.5. The number of piperazine rings is 1. The Kier molecular flexibility index (Phi) is 5.70. The number of likely N-dealkylation sites (tertiary alicyclic amines) is 1. The average molecular weight is 424 g/mol. The van der Waals surface area contributed by atoms with Crippen LogP contribution in [-0.2, 0) is 4.79 Å². The summed E-state index contributed by atoms with van der Waals surface area (Å²) in [5, 5.41) is 0.777. The molecule has 0 spiro atoms. The number of carbonyl (C=O) groups is 1. The van der Waals surface area contributed by atoms with Gasteiger partial charge in [-0.2, -0.15) is 0 Å². The van der Waals surface area contributed by atoms with E-state index in [1.54, 1.807) is 0 Å². The molecule has 2 aromatic carbocycles. The van der Waals surface area contributed by atoms with E-state index in [0.717, 1.165) is 43.1 Å². The van der Waals surface area contributed by atoms with Crippen molar-refractivity contribution < 1.29 is 4.79 Å². The highest BCUT2D eigenvalue weighted by Gasteiger charge is 2.44. The lowest BCUT2D eigenvalue weighted by molar-refractivity contribution is -0.120. The molecule has 2 heterocycles. The fourth-order valence-corrected chi connectivity index (χ4v) is 5.75. The van der Waals surface area contributed by atoms with Crippen molar-refractivity contribution in [3.05, 3.63) is 59.6 Å². The molecule has 5 heteroatoms. The van der Waals surface area contributed by atoms with Gasteiger partial charge in [0, 0.05) is 47.6 Å². The molecule has 2 bridgehead atoms. The molecule has 0 N–H and O–H groups in total. The minimum atomic E-state index is 0.263. The predicted octanol–water partition coefficient (Wildman–Crippen LogP) is 4.97. The van der Waals surface area contributed by atoms with Crippen LogP contribution in [-0.4, -0.2) is 48.6 Å². The molecule has 1 aliphatic carbocycles. The van der Waals surface area contributed by atoms with E-state index in [2.05, 4.69) is 39.0 Å². The quantitative estimate of drug-likeness (QED) is 0.679. The molecular formula is C25H30ClN3O. The van der Waals surface area contributed by atoms with Gasteiger partial charge in [-0.25, -0.2) is 0 Å². The summed E-state index contributed by atoms with van der Waals surface area (Å²) in [5.74, 6) is 0.263. The molecule has 3 fully saturated rings. The Morgan fingerprint density at radius 2 is 1.67 bits per heavy atom. The fourth-order valence-electron chi connectivity index (χ4n) is 5.63. The summed E-state index contributed by atoms with van der Waals surface area (Å²) in [6.07, 6.45) is 7.14. The summed E-state index contributed by atoms with van der Waals surface area (Å²) in [5.41, 5.74) is 2.30. The van der Waals surface area contributed by atoms with Crippen LogP contribution in [0, 0.1) is 0 Å². The van der Waals surface area contributed by atoms with Crippen molar-refractivity contribution in [2.45, 2.75) is 56.7 Å². The normalized spacial score (nSPS) is 24.4. The van der Waals surface area contributed by atoms with Crippen LogP contribution in [0.5, 0.6) is 0 Å². The fraction of sp³-hybridized carbons (Fsp3) is 0.480. The zero-order valence-electron chi connectivity index (χ0n) is 17.4. The second kappa shape index (κ2) is 8.60. The number of fused-ring (bicyclic) bond motifs is 2. The van der Waals surface area contributed by atoms with Gasteiger partial charge in [0.05, 0.1) is 6.54 Å². The van der Waals surface area contributed by atoms with Crippen LogP contribution in [0.3, 0.4) is 0 Å². The Bertz CT molecular complexity index is 866. The highest BCUT2D eigenvalue weighted by Crippen LogP contribution is 2.35. The summed E-state index contributed by atoms with van der Waals surface area (Å²) in [6.45, 7) is 2.49. The van der Waals surface area contributed by atoms with Crippen molar-refractivity contribution in [3.8, 4) is 0 Å². The Hall–Kier alpha value is -2.04. The van der Waals surface area contributed by atoms with Gasteiger partial charge in [0.1, 0.15) is 0 Å². The molecule has 2 saturated heterocycles. The third kappa shape index (κ3) is 3.95. The molecule has 0 aromatic heterocycles. The molecule has 30 heavy (non-hydrogen) atoms. The highest BCUT2D eigenvalue weighted by atomic mass is 35.5. The molecule has 158 valence electrons. The molecule has 2 aliphatic heterocycles. The number of hydrogen-bond acceptors (Lipinski definition) is 3. The van der Waals surface area contributed by atoms with Gasteiger partial charge in [0.2, 0.25) is 5.91 Å². The summed E-state index contributed by atoms with van der Waals surface area (Å²) >= 11 is 6.05. The Morgan fingerprint density at radius 3 is 2.33 bits per heavy atom. The largest absolute Gasteiger partial charge is 0.366 e. The van der Waals surface area contributed by atoms with E-state index in [-0.39, 0.29) is 5.91 Å². The van der Waals surface area contributed by atoms with E-state index in [1.807, 2.05) is 30.3 Å². The van der Waals surface area contributed by atoms with E-state index < -0.39 is 0 Å². The summed E-state index contributed by atoms with van der Waals surface area (Å²) in [6, 6.07) is 19.7. The summed E-state index contributed by atoms with van der Waals surface area (Å²) in [7, 11) is 0. The topological polar surface area (TPSA) is 26.8 Å². The first kappa shape index (κ1) is 19.9. The second-order valence-corrected chi connectivity index (χ2v) is 9.43. The van der Waals surface area contributed by atoms with Crippen LogP contribution < -0.4 is 9.80 Å². The number of halogens is 1. The SMILES string of the molecule is O=C(CN1CC2CC1CN2c1ccc(Cl)cc1)N(c1ccccc1)C1CCCCC1. The monoisotopic (exact) mass is 423 g/mol. The van der Waals surface area contributed by atoms with E-state index in [9.17, 15) is 4.79 Å². The van der Waals surface area contributed by atoms with Crippen molar-refractivity contribution in [2.75, 3.05) is 29.4 Å². The molecule has 5 rings (SSSR count). The standard InChI is InChI=1S/C25H30ClN3O/c26-19-11-13-20(14-12-19)28-17-23-15-24(28)16-27(23)18-25(30)29(21-7-3-1-4-8-21)22-9-5-2-6-10-22/h1,3-4,7-8,11-14,22-24H,2,5-6,9-10,15-18H2. The molecule has 2 atom stereocenters. The Balaban J connectivity index is 1.27. The molecule has 1 amide bonds. The van der Waals surface area contributed by atoms with Crippen LogP contribution >= 0.6 is 11.6 Å². The number of carbonyl (C=O) groups excluding carboxylic acids is 1. The first-order chi connectivity index (χ1) is 14.7. The van der Waals surface area contributed by atoms with Crippen LogP contribution in [0.4, 0.5) is 11.4 Å². The van der Waals surface area contributed by atoms with Gasteiger partial charge in [-0.05, 0) is 55.7 Å². The number of benzene rings is 2. The number of nitrogens with zero attached hydrogens (tertiary/aromatic N) is 3. The molecular weight excluding hydrogens is 394 g/mol. The number of rotatable bonds is 5. The predicted molar refractivity (Wildman–Crippen MR) is 123 cm³/mol. The van der Waals surface area contributed by atoms with Gasteiger partial charge in [-0.1, -0.05) is 49.1 Å². The maximum Gasteiger partial charge on any atom is 0.241 e. The minimum Gasteiger partial charge on any atom is -0.366 e. The van der Waals surface area contributed by atoms with Gasteiger partial charge in [-0.15, -0.1) is 0 Å². The maximum absolute atomic E-state index is 13.5. The zero-order valence-corrected chi connectivity index (χ0v) is 18.2. The van der Waals surface area contributed by atoms with Gasteiger partial charge < -0.3 is 9.80 Å². The number of anilines is 2. The number of para-hydroxylation sites is 1. The van der Waals surface area contributed by atoms with Gasteiger partial charge in [0.25, 0.3) is 0 Å². The van der Waals surface area contributed by atoms with Crippen molar-refractivity contribution >= 4 is 28.9 Å². The van der Waals surface area contributed by atoms with Gasteiger partial charge in [-0.3, -0.25) is 9.69 Å². The first-order valence-corrected chi connectivity index (χ1v) is 11.7. The van der Waals surface area contributed by atoms with E-state index in [4.69, 9.17) is 11.6 Å². The van der Waals surface area contributed by atoms with E-state index in [1.165, 1.54) is 24.9 Å². The molecule has 0 radical (unpaired) electrons. The second-order valence-electron chi connectivity index (χ2n) is 8.99. The van der Waals surface area contributed by atoms with Crippen molar-refractivity contribution in [3.63, 3.8) is 0 Å². The number of hydrogen-bond donors (Lipinski definition) is 0. The van der Waals surface area contributed by atoms with Crippen molar-refractivity contribution in [1.29, 1.82) is 0 Å².